The number of ether oxygens (including phenoxy) is 2. The Morgan fingerprint density at radius 2 is 1.77 bits per heavy atom. The Morgan fingerprint density at radius 3 is 2.55 bits per heavy atom. The maximum absolute atomic E-state index is 14.7. The van der Waals surface area contributed by atoms with Gasteiger partial charge < -0.3 is 30.0 Å². The van der Waals surface area contributed by atoms with Gasteiger partial charge in [-0.05, 0) is 81.4 Å². The van der Waals surface area contributed by atoms with Gasteiger partial charge in [-0.1, -0.05) is 6.07 Å². The third kappa shape index (κ3) is 8.73. The predicted octanol–water partition coefficient (Wildman–Crippen LogP) is 5.95. The van der Waals surface area contributed by atoms with Crippen LogP contribution in [0.2, 0.25) is 0 Å². The fraction of sp³-hybridized carbons (Fsp3) is 0.286. The number of aromatic amines is 1. The number of nitrogens with zero attached hydrogens (tertiary/aromatic N) is 3. The summed E-state index contributed by atoms with van der Waals surface area (Å²) in [7, 11) is 0. The molecule has 0 aliphatic carbocycles. The second-order valence-corrected chi connectivity index (χ2v) is 11.1. The van der Waals surface area contributed by atoms with Crippen molar-refractivity contribution in [2.75, 3.05) is 51.2 Å². The highest BCUT2D eigenvalue weighted by molar-refractivity contribution is 6.04. The molecule has 1 aliphatic rings. The summed E-state index contributed by atoms with van der Waals surface area (Å²) in [5, 5.41) is 5.47. The average Bonchev–Trinajstić information content (AvgIpc) is 3.57. The van der Waals surface area contributed by atoms with Gasteiger partial charge in [-0.2, -0.15) is 0 Å². The summed E-state index contributed by atoms with van der Waals surface area (Å²) in [5.74, 6) is -1.30. The van der Waals surface area contributed by atoms with Crippen molar-refractivity contribution in [3.05, 3.63) is 108 Å². The fourth-order valence-electron chi connectivity index (χ4n) is 5.16. The fourth-order valence-corrected chi connectivity index (χ4v) is 5.16. The van der Waals surface area contributed by atoms with Crippen LogP contribution in [0.15, 0.2) is 79.5 Å². The Kier molecular flexibility index (Phi) is 10.8. The molecule has 4 aromatic rings. The zero-order valence-electron chi connectivity index (χ0n) is 26.4. The number of nitrogens with one attached hydrogen (secondary N) is 3. The number of H-pyrrole nitrogens is 1. The first-order valence-electron chi connectivity index (χ1n) is 15.5. The molecule has 0 bridgehead atoms. The van der Waals surface area contributed by atoms with Crippen molar-refractivity contribution in [2.45, 2.75) is 20.3 Å². The van der Waals surface area contributed by atoms with Crippen LogP contribution in [-0.4, -0.2) is 77.5 Å². The SMILES string of the molecule is C=C(OCC)N1CCN(CCCNC(=O)c2c[nH]c(-c3cc(Oc4cc(C(=O)Nc5cc(C)ccc5F)ccc4F)ccn3)c2)CC1. The second kappa shape index (κ2) is 15.4. The summed E-state index contributed by atoms with van der Waals surface area (Å²) in [6.07, 6.45) is 3.91. The molecule has 1 aliphatic heterocycles. The van der Waals surface area contributed by atoms with Crippen molar-refractivity contribution >= 4 is 17.5 Å². The van der Waals surface area contributed by atoms with E-state index in [0.29, 0.717) is 30.1 Å². The highest BCUT2D eigenvalue weighted by Gasteiger charge is 2.19. The van der Waals surface area contributed by atoms with Gasteiger partial charge in [0.15, 0.2) is 17.4 Å². The normalized spacial score (nSPS) is 13.2. The number of pyridine rings is 1. The van der Waals surface area contributed by atoms with Gasteiger partial charge in [0.1, 0.15) is 11.6 Å². The minimum Gasteiger partial charge on any atom is -0.480 e. The van der Waals surface area contributed by atoms with Crippen molar-refractivity contribution in [3.8, 4) is 22.9 Å². The van der Waals surface area contributed by atoms with E-state index in [1.807, 2.05) is 6.92 Å². The van der Waals surface area contributed by atoms with Crippen molar-refractivity contribution in [2.24, 2.45) is 0 Å². The third-order valence-corrected chi connectivity index (χ3v) is 7.72. The standard InChI is InChI=1S/C35H38F2N6O4/c1-4-46-24(3)43-16-14-42(15-17-43)13-5-11-39-34(44)26-19-31(40-22-26)32-21-27(10-12-38-32)47-33-20-25(7-9-29(33)37)35(45)41-30-18-23(2)6-8-28(30)36/h6-10,12,18-22,40H,3-5,11,13-17H2,1-2H3,(H,39,44)(H,41,45). The summed E-state index contributed by atoms with van der Waals surface area (Å²) in [4.78, 5) is 37.5. The van der Waals surface area contributed by atoms with E-state index in [0.717, 1.165) is 56.7 Å². The average molecular weight is 645 g/mol. The van der Waals surface area contributed by atoms with Gasteiger partial charge >= 0.3 is 0 Å². The molecule has 0 saturated carbocycles. The molecule has 0 spiro atoms. The van der Waals surface area contributed by atoms with Crippen LogP contribution in [0, 0.1) is 18.6 Å². The van der Waals surface area contributed by atoms with Crippen LogP contribution >= 0.6 is 0 Å². The molecule has 47 heavy (non-hydrogen) atoms. The highest BCUT2D eigenvalue weighted by Crippen LogP contribution is 2.29. The van der Waals surface area contributed by atoms with Crippen molar-refractivity contribution in [3.63, 3.8) is 0 Å². The first-order valence-corrected chi connectivity index (χ1v) is 15.5. The summed E-state index contributed by atoms with van der Waals surface area (Å²) in [5.41, 5.74) is 2.37. The number of benzene rings is 2. The molecular formula is C35H38F2N6O4. The predicted molar refractivity (Wildman–Crippen MR) is 175 cm³/mol. The van der Waals surface area contributed by atoms with Gasteiger partial charge in [-0.3, -0.25) is 19.5 Å². The number of piperazine rings is 1. The van der Waals surface area contributed by atoms with E-state index in [2.05, 4.69) is 37.0 Å². The number of amides is 2. The Balaban J connectivity index is 1.14. The van der Waals surface area contributed by atoms with Crippen LogP contribution in [0.4, 0.5) is 14.5 Å². The molecule has 0 radical (unpaired) electrons. The lowest BCUT2D eigenvalue weighted by Crippen LogP contribution is -2.46. The summed E-state index contributed by atoms with van der Waals surface area (Å²) in [6.45, 7) is 13.3. The summed E-state index contributed by atoms with van der Waals surface area (Å²) < 4.78 is 40.1. The number of carbonyl (C=O) groups excluding carboxylic acids is 2. The Morgan fingerprint density at radius 1 is 0.979 bits per heavy atom. The third-order valence-electron chi connectivity index (χ3n) is 7.72. The molecule has 0 atom stereocenters. The Labute approximate surface area is 272 Å². The number of carbonyl (C=O) groups is 2. The van der Waals surface area contributed by atoms with E-state index in [1.165, 1.54) is 30.5 Å². The van der Waals surface area contributed by atoms with Crippen molar-refractivity contribution in [1.29, 1.82) is 0 Å². The molecule has 12 heteroatoms. The molecule has 1 fully saturated rings. The largest absolute Gasteiger partial charge is 0.480 e. The molecular weight excluding hydrogens is 606 g/mol. The first-order chi connectivity index (χ1) is 22.7. The molecule has 2 aromatic carbocycles. The molecule has 246 valence electrons. The molecule has 1 saturated heterocycles. The van der Waals surface area contributed by atoms with Gasteiger partial charge in [0.2, 0.25) is 0 Å². The van der Waals surface area contributed by atoms with E-state index >= 15 is 0 Å². The zero-order chi connectivity index (χ0) is 33.3. The lowest BCUT2D eigenvalue weighted by molar-refractivity contribution is 0.0762. The van der Waals surface area contributed by atoms with Crippen molar-refractivity contribution < 1.29 is 27.8 Å². The minimum absolute atomic E-state index is 0.0229. The van der Waals surface area contributed by atoms with Crippen LogP contribution in [0.5, 0.6) is 11.5 Å². The molecule has 3 heterocycles. The van der Waals surface area contributed by atoms with Crippen LogP contribution in [0.1, 0.15) is 39.6 Å². The van der Waals surface area contributed by atoms with Crippen LogP contribution in [0.3, 0.4) is 0 Å². The quantitative estimate of drug-likeness (QED) is 0.122. The summed E-state index contributed by atoms with van der Waals surface area (Å²) in [6, 6.07) is 12.8. The molecule has 3 N–H and O–H groups in total. The van der Waals surface area contributed by atoms with Gasteiger partial charge in [0.25, 0.3) is 11.8 Å². The molecule has 5 rings (SSSR count). The van der Waals surface area contributed by atoms with E-state index < -0.39 is 17.5 Å². The first kappa shape index (κ1) is 33.1. The number of aryl methyl sites for hydroxylation is 1. The van der Waals surface area contributed by atoms with Gasteiger partial charge in [-0.25, -0.2) is 8.78 Å². The van der Waals surface area contributed by atoms with Crippen LogP contribution in [-0.2, 0) is 4.74 Å². The van der Waals surface area contributed by atoms with Crippen LogP contribution < -0.4 is 15.4 Å². The molecule has 2 amide bonds. The number of hydrogen-bond acceptors (Lipinski definition) is 7. The van der Waals surface area contributed by atoms with Gasteiger partial charge in [-0.15, -0.1) is 0 Å². The minimum atomic E-state index is -0.685. The van der Waals surface area contributed by atoms with E-state index in [4.69, 9.17) is 9.47 Å². The second-order valence-electron chi connectivity index (χ2n) is 11.1. The number of halogens is 2. The molecule has 2 aromatic heterocycles. The lowest BCUT2D eigenvalue weighted by Gasteiger charge is -2.36. The highest BCUT2D eigenvalue weighted by atomic mass is 19.1. The molecule has 10 nitrogen and oxygen atoms in total. The van der Waals surface area contributed by atoms with Crippen molar-refractivity contribution in [1.82, 2.24) is 25.1 Å². The maximum Gasteiger partial charge on any atom is 0.255 e. The Bertz CT molecular complexity index is 1730. The topological polar surface area (TPSA) is 112 Å². The number of aromatic nitrogens is 2. The number of rotatable bonds is 13. The monoisotopic (exact) mass is 644 g/mol. The lowest BCUT2D eigenvalue weighted by atomic mass is 10.1. The van der Waals surface area contributed by atoms with E-state index in [1.54, 1.807) is 37.4 Å². The smallest absolute Gasteiger partial charge is 0.255 e. The Hall–Kier alpha value is -5.23. The van der Waals surface area contributed by atoms with Gasteiger partial charge in [0, 0.05) is 56.7 Å². The van der Waals surface area contributed by atoms with E-state index in [-0.39, 0.29) is 28.7 Å². The van der Waals surface area contributed by atoms with Gasteiger partial charge in [0.05, 0.1) is 29.2 Å². The number of hydrogen-bond donors (Lipinski definition) is 3. The maximum atomic E-state index is 14.7. The van der Waals surface area contributed by atoms with Crippen LogP contribution in [0.25, 0.3) is 11.4 Å². The number of anilines is 1. The molecule has 0 unspecified atom stereocenters. The summed E-state index contributed by atoms with van der Waals surface area (Å²) >= 11 is 0. The van der Waals surface area contributed by atoms with E-state index in [9.17, 15) is 18.4 Å². The zero-order valence-corrected chi connectivity index (χ0v) is 26.4.